The lowest BCUT2D eigenvalue weighted by molar-refractivity contribution is -0.131. The SMILES string of the molecule is COc1ccc(C)cc1CC(=O)N1CCC[C@@H](c2cc(N(C)C)nc(-c3cccnc3)n2)C1. The number of pyridine rings is 1. The van der Waals surface area contributed by atoms with Crippen LogP contribution in [-0.2, 0) is 11.2 Å². The first kappa shape index (κ1) is 22.7. The second-order valence-electron chi connectivity index (χ2n) is 8.78. The number of anilines is 1. The van der Waals surface area contributed by atoms with Crippen molar-refractivity contribution >= 4 is 11.7 Å². The van der Waals surface area contributed by atoms with E-state index in [1.807, 2.05) is 67.2 Å². The third kappa shape index (κ3) is 5.30. The van der Waals surface area contributed by atoms with Crippen LogP contribution in [0.1, 0.15) is 35.6 Å². The predicted molar refractivity (Wildman–Crippen MR) is 130 cm³/mol. The summed E-state index contributed by atoms with van der Waals surface area (Å²) in [5.74, 6) is 2.57. The third-order valence-electron chi connectivity index (χ3n) is 6.08. The van der Waals surface area contributed by atoms with Gasteiger partial charge in [0.2, 0.25) is 5.91 Å². The summed E-state index contributed by atoms with van der Waals surface area (Å²) in [6.07, 6.45) is 5.81. The van der Waals surface area contributed by atoms with Crippen molar-refractivity contribution in [3.63, 3.8) is 0 Å². The average Bonchev–Trinajstić information content (AvgIpc) is 2.84. The number of hydrogen-bond donors (Lipinski definition) is 0. The molecule has 0 N–H and O–H groups in total. The van der Waals surface area contributed by atoms with E-state index in [4.69, 9.17) is 14.7 Å². The topological polar surface area (TPSA) is 71.5 Å². The van der Waals surface area contributed by atoms with E-state index in [0.717, 1.165) is 53.3 Å². The van der Waals surface area contributed by atoms with Crippen molar-refractivity contribution in [1.29, 1.82) is 0 Å². The summed E-state index contributed by atoms with van der Waals surface area (Å²) in [4.78, 5) is 31.0. The summed E-state index contributed by atoms with van der Waals surface area (Å²) < 4.78 is 5.47. The number of nitrogens with zero attached hydrogens (tertiary/aromatic N) is 5. The van der Waals surface area contributed by atoms with Gasteiger partial charge in [0.15, 0.2) is 5.82 Å². The van der Waals surface area contributed by atoms with Crippen molar-refractivity contribution in [1.82, 2.24) is 19.9 Å². The molecule has 1 aliphatic heterocycles. The molecule has 1 fully saturated rings. The Morgan fingerprint density at radius 2 is 2.06 bits per heavy atom. The number of likely N-dealkylation sites (tertiary alicyclic amines) is 1. The zero-order valence-electron chi connectivity index (χ0n) is 19.8. The number of methoxy groups -OCH3 is 1. The number of benzene rings is 1. The molecule has 7 heteroatoms. The monoisotopic (exact) mass is 445 g/mol. The molecule has 0 radical (unpaired) electrons. The highest BCUT2D eigenvalue weighted by atomic mass is 16.5. The molecule has 3 heterocycles. The van der Waals surface area contributed by atoms with Gasteiger partial charge in [0.25, 0.3) is 0 Å². The van der Waals surface area contributed by atoms with Crippen LogP contribution in [-0.4, -0.2) is 60.1 Å². The fourth-order valence-corrected chi connectivity index (χ4v) is 4.28. The minimum absolute atomic E-state index is 0.123. The maximum atomic E-state index is 13.2. The third-order valence-corrected chi connectivity index (χ3v) is 6.08. The molecule has 3 aromatic rings. The summed E-state index contributed by atoms with van der Waals surface area (Å²) in [5, 5.41) is 0. The smallest absolute Gasteiger partial charge is 0.227 e. The van der Waals surface area contributed by atoms with Gasteiger partial charge in [-0.15, -0.1) is 0 Å². The Bertz CT molecular complexity index is 1120. The van der Waals surface area contributed by atoms with Crippen molar-refractivity contribution in [3.8, 4) is 17.1 Å². The molecule has 4 rings (SSSR count). The summed E-state index contributed by atoms with van der Waals surface area (Å²) >= 11 is 0. The molecular formula is C26H31N5O2. The van der Waals surface area contributed by atoms with E-state index in [9.17, 15) is 4.79 Å². The molecule has 7 nitrogen and oxygen atoms in total. The molecule has 2 aromatic heterocycles. The maximum absolute atomic E-state index is 13.2. The van der Waals surface area contributed by atoms with Gasteiger partial charge >= 0.3 is 0 Å². The molecular weight excluding hydrogens is 414 g/mol. The minimum Gasteiger partial charge on any atom is -0.496 e. The maximum Gasteiger partial charge on any atom is 0.227 e. The van der Waals surface area contributed by atoms with Crippen molar-refractivity contribution < 1.29 is 9.53 Å². The van der Waals surface area contributed by atoms with Crippen LogP contribution in [0.5, 0.6) is 5.75 Å². The van der Waals surface area contributed by atoms with Crippen LogP contribution in [0.15, 0.2) is 48.8 Å². The molecule has 1 atom stereocenters. The van der Waals surface area contributed by atoms with Crippen molar-refractivity contribution in [3.05, 3.63) is 65.6 Å². The van der Waals surface area contributed by atoms with Gasteiger partial charge in [0.1, 0.15) is 11.6 Å². The zero-order chi connectivity index (χ0) is 23.4. The Balaban J connectivity index is 1.56. The highest BCUT2D eigenvalue weighted by molar-refractivity contribution is 5.79. The van der Waals surface area contributed by atoms with Crippen LogP contribution in [0, 0.1) is 6.92 Å². The van der Waals surface area contributed by atoms with Crippen LogP contribution >= 0.6 is 0 Å². The van der Waals surface area contributed by atoms with Crippen LogP contribution in [0.25, 0.3) is 11.4 Å². The number of aryl methyl sites for hydroxylation is 1. The number of hydrogen-bond acceptors (Lipinski definition) is 6. The summed E-state index contributed by atoms with van der Waals surface area (Å²) in [6.45, 7) is 3.45. The first-order valence-electron chi connectivity index (χ1n) is 11.3. The number of carbonyl (C=O) groups excluding carboxylic acids is 1. The molecule has 0 bridgehead atoms. The molecule has 1 amide bonds. The van der Waals surface area contributed by atoms with Gasteiger partial charge in [-0.3, -0.25) is 9.78 Å². The largest absolute Gasteiger partial charge is 0.496 e. The highest BCUT2D eigenvalue weighted by Gasteiger charge is 2.27. The number of aromatic nitrogens is 3. The molecule has 33 heavy (non-hydrogen) atoms. The molecule has 1 saturated heterocycles. The summed E-state index contributed by atoms with van der Waals surface area (Å²) in [6, 6.07) is 11.9. The van der Waals surface area contributed by atoms with E-state index in [0.29, 0.717) is 18.8 Å². The van der Waals surface area contributed by atoms with Gasteiger partial charge in [-0.1, -0.05) is 17.7 Å². The lowest BCUT2D eigenvalue weighted by atomic mass is 9.93. The first-order valence-corrected chi connectivity index (χ1v) is 11.3. The van der Waals surface area contributed by atoms with Crippen LogP contribution in [0.2, 0.25) is 0 Å². The minimum atomic E-state index is 0.123. The molecule has 1 aliphatic rings. The fraction of sp³-hybridized carbons (Fsp3) is 0.385. The Morgan fingerprint density at radius 3 is 2.79 bits per heavy atom. The van der Waals surface area contributed by atoms with E-state index in [1.165, 1.54) is 0 Å². The van der Waals surface area contributed by atoms with E-state index in [-0.39, 0.29) is 11.8 Å². The lowest BCUT2D eigenvalue weighted by Gasteiger charge is -2.33. The fourth-order valence-electron chi connectivity index (χ4n) is 4.28. The Morgan fingerprint density at radius 1 is 1.21 bits per heavy atom. The van der Waals surface area contributed by atoms with E-state index < -0.39 is 0 Å². The van der Waals surface area contributed by atoms with Gasteiger partial charge in [-0.2, -0.15) is 0 Å². The highest BCUT2D eigenvalue weighted by Crippen LogP contribution is 2.30. The number of piperidine rings is 1. The van der Waals surface area contributed by atoms with Gasteiger partial charge in [-0.25, -0.2) is 9.97 Å². The molecule has 0 unspecified atom stereocenters. The number of carbonyl (C=O) groups is 1. The molecule has 172 valence electrons. The van der Waals surface area contributed by atoms with Gasteiger partial charge in [-0.05, 0) is 38.0 Å². The van der Waals surface area contributed by atoms with E-state index in [2.05, 4.69) is 4.98 Å². The van der Waals surface area contributed by atoms with Crippen LogP contribution in [0.3, 0.4) is 0 Å². The normalized spacial score (nSPS) is 15.9. The van der Waals surface area contributed by atoms with Crippen LogP contribution < -0.4 is 9.64 Å². The summed E-state index contributed by atoms with van der Waals surface area (Å²) in [5.41, 5.74) is 3.91. The molecule has 1 aromatic carbocycles. The van der Waals surface area contributed by atoms with Gasteiger partial charge in [0, 0.05) is 62.7 Å². The predicted octanol–water partition coefficient (Wildman–Crippen LogP) is 3.87. The van der Waals surface area contributed by atoms with Crippen molar-refractivity contribution in [2.75, 3.05) is 39.2 Å². The number of amides is 1. The summed E-state index contributed by atoms with van der Waals surface area (Å²) in [7, 11) is 5.60. The lowest BCUT2D eigenvalue weighted by Crippen LogP contribution is -2.40. The number of rotatable bonds is 6. The van der Waals surface area contributed by atoms with Crippen molar-refractivity contribution in [2.24, 2.45) is 0 Å². The van der Waals surface area contributed by atoms with Crippen LogP contribution in [0.4, 0.5) is 5.82 Å². The van der Waals surface area contributed by atoms with E-state index in [1.54, 1.807) is 19.5 Å². The number of ether oxygens (including phenoxy) is 1. The Kier molecular flexibility index (Phi) is 6.87. The second-order valence-corrected chi connectivity index (χ2v) is 8.78. The van der Waals surface area contributed by atoms with Gasteiger partial charge in [0.05, 0.1) is 19.2 Å². The first-order chi connectivity index (χ1) is 15.9. The standard InChI is InChI=1S/C26H31N5O2/c1-18-9-10-23(33-4)21(13-18)14-25(32)31-12-6-8-20(17-31)22-15-24(30(2)3)29-26(28-22)19-7-5-11-27-16-19/h5,7,9-11,13,15-16,20H,6,8,12,14,17H2,1-4H3/t20-/m1/s1. The second kappa shape index (κ2) is 9.98. The Labute approximate surface area is 195 Å². The van der Waals surface area contributed by atoms with E-state index >= 15 is 0 Å². The quantitative estimate of drug-likeness (QED) is 0.574. The average molecular weight is 446 g/mol. The molecule has 0 aliphatic carbocycles. The van der Waals surface area contributed by atoms with Crippen molar-refractivity contribution in [2.45, 2.75) is 32.1 Å². The zero-order valence-corrected chi connectivity index (χ0v) is 19.8. The molecule has 0 spiro atoms. The van der Waals surface area contributed by atoms with Gasteiger partial charge < -0.3 is 14.5 Å². The Hall–Kier alpha value is -3.48. The molecule has 0 saturated carbocycles.